The molecule has 2 rings (SSSR count). The van der Waals surface area contributed by atoms with Crippen molar-refractivity contribution in [3.05, 3.63) is 59.2 Å². The molecule has 1 N–H and O–H groups in total. The number of benzene rings is 2. The summed E-state index contributed by atoms with van der Waals surface area (Å²) in [6.07, 6.45) is -4.46. The lowest BCUT2D eigenvalue weighted by Crippen LogP contribution is -2.28. The van der Waals surface area contributed by atoms with Crippen molar-refractivity contribution in [1.29, 1.82) is 0 Å². The van der Waals surface area contributed by atoms with Gasteiger partial charge in [0, 0.05) is 12.6 Å². The molecule has 0 spiro atoms. The van der Waals surface area contributed by atoms with E-state index in [4.69, 9.17) is 14.2 Å². The van der Waals surface area contributed by atoms with Crippen molar-refractivity contribution in [2.45, 2.75) is 12.7 Å². The summed E-state index contributed by atoms with van der Waals surface area (Å²) in [5.74, 6) is -0.673. The number of carbonyl (C=O) groups is 2. The Bertz CT molecular complexity index is 829. The van der Waals surface area contributed by atoms with Crippen LogP contribution in [0.3, 0.4) is 0 Å². The second kappa shape index (κ2) is 9.12. The number of halogens is 3. The first-order chi connectivity index (χ1) is 13.2. The molecule has 0 heterocycles. The van der Waals surface area contributed by atoms with E-state index in [2.05, 4.69) is 5.32 Å². The van der Waals surface area contributed by atoms with Crippen molar-refractivity contribution < 1.29 is 37.0 Å². The maximum atomic E-state index is 12.7. The molecule has 0 fully saturated rings. The molecule has 0 bridgehead atoms. The molecule has 0 unspecified atom stereocenters. The third-order valence-corrected chi connectivity index (χ3v) is 3.67. The van der Waals surface area contributed by atoms with E-state index in [-0.39, 0.29) is 17.7 Å². The number of hydrogen-bond acceptors (Lipinski definition) is 5. The minimum absolute atomic E-state index is 0.127. The molecule has 0 saturated carbocycles. The van der Waals surface area contributed by atoms with Crippen LogP contribution in [-0.4, -0.2) is 32.7 Å². The fourth-order valence-corrected chi connectivity index (χ4v) is 2.25. The van der Waals surface area contributed by atoms with E-state index in [1.165, 1.54) is 38.5 Å². The van der Waals surface area contributed by atoms with Gasteiger partial charge < -0.3 is 19.5 Å². The van der Waals surface area contributed by atoms with Crippen molar-refractivity contribution in [2.24, 2.45) is 0 Å². The van der Waals surface area contributed by atoms with Gasteiger partial charge >= 0.3 is 12.1 Å². The summed E-state index contributed by atoms with van der Waals surface area (Å²) in [6, 6.07) is 8.99. The number of ether oxygens (including phenoxy) is 3. The number of nitrogens with one attached hydrogen (secondary N) is 1. The Kier molecular flexibility index (Phi) is 6.86. The zero-order chi connectivity index (χ0) is 20.7. The topological polar surface area (TPSA) is 73.9 Å². The molecule has 6 nitrogen and oxygen atoms in total. The van der Waals surface area contributed by atoms with Gasteiger partial charge in [-0.1, -0.05) is 12.1 Å². The number of esters is 1. The van der Waals surface area contributed by atoms with Crippen LogP contribution < -0.4 is 14.8 Å². The first kappa shape index (κ1) is 21.1. The van der Waals surface area contributed by atoms with Crippen LogP contribution in [0, 0.1) is 0 Å². The van der Waals surface area contributed by atoms with Gasteiger partial charge in [0.05, 0.1) is 25.3 Å². The smallest absolute Gasteiger partial charge is 0.416 e. The van der Waals surface area contributed by atoms with E-state index in [9.17, 15) is 22.8 Å². The predicted octanol–water partition coefficient (Wildman–Crippen LogP) is 3.20. The minimum atomic E-state index is -4.46. The Morgan fingerprint density at radius 1 is 1.00 bits per heavy atom. The Balaban J connectivity index is 1.90. The van der Waals surface area contributed by atoms with E-state index in [0.29, 0.717) is 11.5 Å². The summed E-state index contributed by atoms with van der Waals surface area (Å²) >= 11 is 0. The Labute approximate surface area is 159 Å². The average Bonchev–Trinajstić information content (AvgIpc) is 2.69. The standard InChI is InChI=1S/C19H18F3NO5/c1-26-15-7-13(8-16(9-15)27-2)18(25)28-11-17(24)23-10-12-4-3-5-14(6-12)19(20,21)22/h3-9H,10-11H2,1-2H3,(H,23,24). The molecule has 0 saturated heterocycles. The Morgan fingerprint density at radius 2 is 1.64 bits per heavy atom. The summed E-state index contributed by atoms with van der Waals surface area (Å²) in [7, 11) is 2.84. The first-order valence-electron chi connectivity index (χ1n) is 8.06. The third kappa shape index (κ3) is 5.90. The highest BCUT2D eigenvalue weighted by Gasteiger charge is 2.30. The molecule has 0 aliphatic heterocycles. The lowest BCUT2D eigenvalue weighted by Gasteiger charge is -2.10. The Morgan fingerprint density at radius 3 is 2.21 bits per heavy atom. The quantitative estimate of drug-likeness (QED) is 0.727. The summed E-state index contributed by atoms with van der Waals surface area (Å²) in [6.45, 7) is -0.718. The van der Waals surface area contributed by atoms with Gasteiger partial charge in [-0.05, 0) is 29.8 Å². The lowest BCUT2D eigenvalue weighted by molar-refractivity contribution is -0.137. The largest absolute Gasteiger partial charge is 0.497 e. The molecule has 2 aromatic rings. The van der Waals surface area contributed by atoms with Gasteiger partial charge in [0.2, 0.25) is 0 Å². The monoisotopic (exact) mass is 397 g/mol. The van der Waals surface area contributed by atoms with Crippen molar-refractivity contribution in [3.63, 3.8) is 0 Å². The zero-order valence-corrected chi connectivity index (χ0v) is 15.1. The molecule has 150 valence electrons. The summed E-state index contributed by atoms with van der Waals surface area (Å²) < 4.78 is 53.1. The van der Waals surface area contributed by atoms with Gasteiger partial charge in [0.1, 0.15) is 11.5 Å². The van der Waals surface area contributed by atoms with Crippen molar-refractivity contribution in [1.82, 2.24) is 5.32 Å². The SMILES string of the molecule is COc1cc(OC)cc(C(=O)OCC(=O)NCc2cccc(C(F)(F)F)c2)c1. The normalized spacial score (nSPS) is 10.9. The molecule has 1 amide bonds. The maximum absolute atomic E-state index is 12.7. The van der Waals surface area contributed by atoms with Gasteiger partial charge in [-0.3, -0.25) is 4.79 Å². The van der Waals surface area contributed by atoms with Crippen molar-refractivity contribution >= 4 is 11.9 Å². The van der Waals surface area contributed by atoms with Crippen molar-refractivity contribution in [2.75, 3.05) is 20.8 Å². The van der Waals surface area contributed by atoms with Crippen LogP contribution >= 0.6 is 0 Å². The number of alkyl halides is 3. The predicted molar refractivity (Wildman–Crippen MR) is 93.1 cm³/mol. The molecule has 9 heteroatoms. The number of carbonyl (C=O) groups excluding carboxylic acids is 2. The third-order valence-electron chi connectivity index (χ3n) is 3.67. The molecule has 0 atom stereocenters. The fraction of sp³-hybridized carbons (Fsp3) is 0.263. The van der Waals surface area contributed by atoms with Gasteiger partial charge in [0.25, 0.3) is 5.91 Å². The Hall–Kier alpha value is -3.23. The number of amides is 1. The number of rotatable bonds is 7. The molecule has 0 aromatic heterocycles. The highest BCUT2D eigenvalue weighted by atomic mass is 19.4. The molecular formula is C19H18F3NO5. The second-order valence-electron chi connectivity index (χ2n) is 5.65. The molecule has 0 aliphatic rings. The number of methoxy groups -OCH3 is 2. The van der Waals surface area contributed by atoms with Crippen LogP contribution in [0.1, 0.15) is 21.5 Å². The van der Waals surface area contributed by atoms with Gasteiger partial charge in [0.15, 0.2) is 6.61 Å². The average molecular weight is 397 g/mol. The zero-order valence-electron chi connectivity index (χ0n) is 15.1. The molecular weight excluding hydrogens is 379 g/mol. The fourth-order valence-electron chi connectivity index (χ4n) is 2.25. The van der Waals surface area contributed by atoms with E-state index in [0.717, 1.165) is 12.1 Å². The van der Waals surface area contributed by atoms with Gasteiger partial charge in [-0.25, -0.2) is 4.79 Å². The van der Waals surface area contributed by atoms with E-state index in [1.807, 2.05) is 0 Å². The first-order valence-corrected chi connectivity index (χ1v) is 8.06. The van der Waals surface area contributed by atoms with E-state index in [1.54, 1.807) is 6.07 Å². The van der Waals surface area contributed by atoms with Gasteiger partial charge in [-0.15, -0.1) is 0 Å². The minimum Gasteiger partial charge on any atom is -0.497 e. The summed E-state index contributed by atoms with van der Waals surface area (Å²) in [5.41, 5.74) is -0.411. The molecule has 0 aliphatic carbocycles. The highest BCUT2D eigenvalue weighted by Crippen LogP contribution is 2.29. The molecule has 2 aromatic carbocycles. The van der Waals surface area contributed by atoms with Crippen LogP contribution in [-0.2, 0) is 22.3 Å². The maximum Gasteiger partial charge on any atom is 0.416 e. The van der Waals surface area contributed by atoms with Crippen molar-refractivity contribution in [3.8, 4) is 11.5 Å². The van der Waals surface area contributed by atoms with E-state index >= 15 is 0 Å². The van der Waals surface area contributed by atoms with Gasteiger partial charge in [-0.2, -0.15) is 13.2 Å². The van der Waals surface area contributed by atoms with Crippen LogP contribution in [0.15, 0.2) is 42.5 Å². The van der Waals surface area contributed by atoms with Crippen LogP contribution in [0.5, 0.6) is 11.5 Å². The summed E-state index contributed by atoms with van der Waals surface area (Å²) in [5, 5.41) is 2.40. The van der Waals surface area contributed by atoms with Crippen LogP contribution in [0.2, 0.25) is 0 Å². The lowest BCUT2D eigenvalue weighted by atomic mass is 10.1. The summed E-state index contributed by atoms with van der Waals surface area (Å²) in [4.78, 5) is 23.9. The second-order valence-corrected chi connectivity index (χ2v) is 5.65. The van der Waals surface area contributed by atoms with Crippen LogP contribution in [0.25, 0.3) is 0 Å². The number of hydrogen-bond donors (Lipinski definition) is 1. The molecule has 0 radical (unpaired) electrons. The molecule has 28 heavy (non-hydrogen) atoms. The van der Waals surface area contributed by atoms with E-state index < -0.39 is 30.2 Å². The highest BCUT2D eigenvalue weighted by molar-refractivity contribution is 5.92. The van der Waals surface area contributed by atoms with Crippen LogP contribution in [0.4, 0.5) is 13.2 Å².